The summed E-state index contributed by atoms with van der Waals surface area (Å²) in [5.74, 6) is 0. The van der Waals surface area contributed by atoms with Crippen molar-refractivity contribution in [3.63, 3.8) is 0 Å². The number of thioether (sulfide) groups is 1. The van der Waals surface area contributed by atoms with Gasteiger partial charge in [-0.2, -0.15) is 5.26 Å². The molecule has 0 saturated heterocycles. The smallest absolute Gasteiger partial charge is 0.146 e. The average molecular weight is 300 g/mol. The van der Waals surface area contributed by atoms with Crippen LogP contribution in [0.2, 0.25) is 0 Å². The molecule has 0 atom stereocenters. The summed E-state index contributed by atoms with van der Waals surface area (Å²) in [5, 5.41) is 9.97. The molecule has 0 unspecified atom stereocenters. The van der Waals surface area contributed by atoms with Crippen molar-refractivity contribution >= 4 is 11.8 Å². The van der Waals surface area contributed by atoms with E-state index in [0.29, 0.717) is 12.2 Å². The molecule has 0 N–H and O–H groups in total. The molecular formula is C16H16N2O2S. The maximum Gasteiger partial charge on any atom is 0.146 e. The van der Waals surface area contributed by atoms with Gasteiger partial charge in [0, 0.05) is 18.2 Å². The fourth-order valence-corrected chi connectivity index (χ4v) is 2.47. The Labute approximate surface area is 128 Å². The number of rotatable bonds is 6. The van der Waals surface area contributed by atoms with E-state index in [4.69, 9.17) is 9.47 Å². The molecule has 1 aromatic carbocycles. The summed E-state index contributed by atoms with van der Waals surface area (Å²) in [4.78, 5) is 4.63. The lowest BCUT2D eigenvalue weighted by molar-refractivity contribution is -0.0390. The van der Waals surface area contributed by atoms with Crippen molar-refractivity contribution in [1.82, 2.24) is 4.98 Å². The van der Waals surface area contributed by atoms with Gasteiger partial charge < -0.3 is 9.47 Å². The van der Waals surface area contributed by atoms with Crippen LogP contribution in [0.1, 0.15) is 11.1 Å². The van der Waals surface area contributed by atoms with Crippen LogP contribution in [0.4, 0.5) is 0 Å². The van der Waals surface area contributed by atoms with Gasteiger partial charge in [0.2, 0.25) is 0 Å². The van der Waals surface area contributed by atoms with E-state index in [1.54, 1.807) is 7.11 Å². The van der Waals surface area contributed by atoms with Crippen LogP contribution < -0.4 is 0 Å². The van der Waals surface area contributed by atoms with E-state index in [9.17, 15) is 5.26 Å². The van der Waals surface area contributed by atoms with Crippen molar-refractivity contribution in [2.45, 2.75) is 11.6 Å². The molecule has 2 aromatic rings. The molecule has 0 radical (unpaired) electrons. The van der Waals surface area contributed by atoms with Crippen molar-refractivity contribution in [3.05, 3.63) is 47.5 Å². The van der Waals surface area contributed by atoms with Crippen molar-refractivity contribution in [3.8, 4) is 17.3 Å². The molecular weight excluding hydrogens is 284 g/mol. The van der Waals surface area contributed by atoms with E-state index in [2.05, 4.69) is 11.1 Å². The first-order chi connectivity index (χ1) is 10.3. The Morgan fingerprint density at radius 1 is 1.29 bits per heavy atom. The van der Waals surface area contributed by atoms with Gasteiger partial charge in [0.25, 0.3) is 0 Å². The van der Waals surface area contributed by atoms with E-state index in [0.717, 1.165) is 21.8 Å². The second kappa shape index (κ2) is 7.79. The summed E-state index contributed by atoms with van der Waals surface area (Å²) in [6.07, 6.45) is 1.92. The first-order valence-corrected chi connectivity index (χ1v) is 7.62. The number of nitrogens with zero attached hydrogens (tertiary/aromatic N) is 2. The molecule has 0 saturated carbocycles. The van der Waals surface area contributed by atoms with Crippen LogP contribution in [-0.4, -0.2) is 25.1 Å². The Morgan fingerprint density at radius 3 is 2.67 bits per heavy atom. The van der Waals surface area contributed by atoms with Crippen LogP contribution in [0.3, 0.4) is 0 Å². The number of nitriles is 1. The molecule has 0 aliphatic carbocycles. The minimum Gasteiger partial charge on any atom is -0.359 e. The van der Waals surface area contributed by atoms with Gasteiger partial charge in [-0.25, -0.2) is 4.98 Å². The predicted molar refractivity (Wildman–Crippen MR) is 82.8 cm³/mol. The number of ether oxygens (including phenoxy) is 2. The van der Waals surface area contributed by atoms with Gasteiger partial charge in [0.1, 0.15) is 17.9 Å². The van der Waals surface area contributed by atoms with Crippen molar-refractivity contribution < 1.29 is 9.47 Å². The summed E-state index contributed by atoms with van der Waals surface area (Å²) in [7, 11) is 1.58. The van der Waals surface area contributed by atoms with Gasteiger partial charge in [0.05, 0.1) is 17.9 Å². The van der Waals surface area contributed by atoms with Gasteiger partial charge >= 0.3 is 0 Å². The SMILES string of the molecule is COCOCc1cc(C#N)c(SC)nc1-c1ccccc1. The van der Waals surface area contributed by atoms with Crippen molar-refractivity contribution in [2.75, 3.05) is 20.2 Å². The topological polar surface area (TPSA) is 55.1 Å². The molecule has 5 heteroatoms. The quantitative estimate of drug-likeness (QED) is 0.464. The monoisotopic (exact) mass is 300 g/mol. The minimum atomic E-state index is 0.209. The Balaban J connectivity index is 2.47. The molecule has 2 rings (SSSR count). The second-order valence-electron chi connectivity index (χ2n) is 4.29. The largest absolute Gasteiger partial charge is 0.359 e. The maximum absolute atomic E-state index is 9.24. The zero-order chi connectivity index (χ0) is 15.1. The summed E-state index contributed by atoms with van der Waals surface area (Å²) in [5.41, 5.74) is 3.30. The van der Waals surface area contributed by atoms with Crippen molar-refractivity contribution in [1.29, 1.82) is 5.26 Å². The van der Waals surface area contributed by atoms with Gasteiger partial charge in [-0.15, -0.1) is 11.8 Å². The third-order valence-corrected chi connectivity index (χ3v) is 3.58. The maximum atomic E-state index is 9.24. The van der Waals surface area contributed by atoms with E-state index in [1.807, 2.05) is 42.7 Å². The highest BCUT2D eigenvalue weighted by atomic mass is 32.2. The number of methoxy groups -OCH3 is 1. The molecule has 0 aliphatic heterocycles. The molecule has 0 fully saturated rings. The van der Waals surface area contributed by atoms with Gasteiger partial charge in [-0.3, -0.25) is 0 Å². The number of aromatic nitrogens is 1. The highest BCUT2D eigenvalue weighted by Gasteiger charge is 2.13. The minimum absolute atomic E-state index is 0.209. The number of benzene rings is 1. The van der Waals surface area contributed by atoms with Crippen LogP contribution >= 0.6 is 11.8 Å². The first-order valence-electron chi connectivity index (χ1n) is 6.40. The predicted octanol–water partition coefficient (Wildman–Crippen LogP) is 3.46. The van der Waals surface area contributed by atoms with E-state index >= 15 is 0 Å². The van der Waals surface area contributed by atoms with Crippen molar-refractivity contribution in [2.24, 2.45) is 0 Å². The Kier molecular flexibility index (Phi) is 5.76. The molecule has 21 heavy (non-hydrogen) atoms. The highest BCUT2D eigenvalue weighted by Crippen LogP contribution is 2.28. The normalized spacial score (nSPS) is 10.3. The molecule has 0 amide bonds. The lowest BCUT2D eigenvalue weighted by atomic mass is 10.0. The summed E-state index contributed by atoms with van der Waals surface area (Å²) in [6, 6.07) is 13.9. The van der Waals surface area contributed by atoms with E-state index in [-0.39, 0.29) is 6.79 Å². The van der Waals surface area contributed by atoms with Crippen LogP contribution in [0.5, 0.6) is 0 Å². The molecule has 108 valence electrons. The lowest BCUT2D eigenvalue weighted by Gasteiger charge is -2.12. The van der Waals surface area contributed by atoms with Crippen LogP contribution in [-0.2, 0) is 16.1 Å². The first kappa shape index (κ1) is 15.5. The van der Waals surface area contributed by atoms with Crippen LogP contribution in [0.25, 0.3) is 11.3 Å². The lowest BCUT2D eigenvalue weighted by Crippen LogP contribution is -2.02. The highest BCUT2D eigenvalue weighted by molar-refractivity contribution is 7.98. The molecule has 1 aromatic heterocycles. The zero-order valence-corrected chi connectivity index (χ0v) is 12.8. The summed E-state index contributed by atoms with van der Waals surface area (Å²) >= 11 is 1.47. The molecule has 1 heterocycles. The third kappa shape index (κ3) is 3.82. The van der Waals surface area contributed by atoms with E-state index < -0.39 is 0 Å². The third-order valence-electron chi connectivity index (χ3n) is 2.89. The Bertz CT molecular complexity index is 639. The van der Waals surface area contributed by atoms with Crippen LogP contribution in [0.15, 0.2) is 41.4 Å². The Hall–Kier alpha value is -1.87. The summed E-state index contributed by atoms with van der Waals surface area (Å²) in [6.45, 7) is 0.564. The van der Waals surface area contributed by atoms with Crippen LogP contribution in [0, 0.1) is 11.3 Å². The molecule has 0 bridgehead atoms. The second-order valence-corrected chi connectivity index (χ2v) is 5.08. The summed E-state index contributed by atoms with van der Waals surface area (Å²) < 4.78 is 10.3. The fraction of sp³-hybridized carbons (Fsp3) is 0.250. The molecule has 4 nitrogen and oxygen atoms in total. The van der Waals surface area contributed by atoms with Gasteiger partial charge in [-0.05, 0) is 12.3 Å². The molecule has 0 aliphatic rings. The van der Waals surface area contributed by atoms with E-state index in [1.165, 1.54) is 11.8 Å². The number of hydrogen-bond donors (Lipinski definition) is 0. The molecule has 0 spiro atoms. The Morgan fingerprint density at radius 2 is 2.05 bits per heavy atom. The zero-order valence-electron chi connectivity index (χ0n) is 12.0. The number of pyridine rings is 1. The standard InChI is InChI=1S/C16H16N2O2S/c1-19-11-20-10-14-8-13(9-17)16(21-2)18-15(14)12-6-4-3-5-7-12/h3-8H,10-11H2,1-2H3. The fourth-order valence-electron chi connectivity index (χ4n) is 1.96. The number of hydrogen-bond acceptors (Lipinski definition) is 5. The average Bonchev–Trinajstić information content (AvgIpc) is 2.55. The van der Waals surface area contributed by atoms with Gasteiger partial charge in [0.15, 0.2) is 0 Å². The van der Waals surface area contributed by atoms with Gasteiger partial charge in [-0.1, -0.05) is 30.3 Å².